The second kappa shape index (κ2) is 5.26. The average Bonchev–Trinajstić information content (AvgIpc) is 2.74. The standard InChI is InChI=1S/C13H18N4S2/c1-7-8(2)19-13-10(7)12(17-14)15-11(16-13)9-5-3-4-6-18-9/h9H,3-6,14H2,1-2H3,(H,15,16,17). The van der Waals surface area contributed by atoms with Crippen molar-refractivity contribution in [3.63, 3.8) is 0 Å². The van der Waals surface area contributed by atoms with Crippen LogP contribution in [0.15, 0.2) is 0 Å². The average molecular weight is 294 g/mol. The molecule has 6 heteroatoms. The van der Waals surface area contributed by atoms with Gasteiger partial charge in [0.2, 0.25) is 0 Å². The maximum Gasteiger partial charge on any atom is 0.152 e. The van der Waals surface area contributed by atoms with Crippen LogP contribution in [-0.2, 0) is 0 Å². The summed E-state index contributed by atoms with van der Waals surface area (Å²) >= 11 is 3.70. The van der Waals surface area contributed by atoms with Crippen LogP contribution in [0.25, 0.3) is 10.2 Å². The molecule has 3 rings (SSSR count). The van der Waals surface area contributed by atoms with Gasteiger partial charge in [-0.3, -0.25) is 0 Å². The zero-order chi connectivity index (χ0) is 13.4. The molecule has 0 aliphatic carbocycles. The van der Waals surface area contributed by atoms with Crippen LogP contribution in [0, 0.1) is 13.8 Å². The highest BCUT2D eigenvalue weighted by Gasteiger charge is 2.22. The first-order valence-corrected chi connectivity index (χ1v) is 8.43. The van der Waals surface area contributed by atoms with Crippen LogP contribution in [-0.4, -0.2) is 15.7 Å². The van der Waals surface area contributed by atoms with Gasteiger partial charge in [-0.15, -0.1) is 11.3 Å². The van der Waals surface area contributed by atoms with Crippen LogP contribution in [0.1, 0.15) is 40.8 Å². The molecule has 4 nitrogen and oxygen atoms in total. The summed E-state index contributed by atoms with van der Waals surface area (Å²) in [6.07, 6.45) is 3.75. The lowest BCUT2D eigenvalue weighted by molar-refractivity contribution is 0.665. The van der Waals surface area contributed by atoms with Gasteiger partial charge in [-0.25, -0.2) is 15.8 Å². The fourth-order valence-corrected chi connectivity index (χ4v) is 4.74. The number of hydrogen-bond acceptors (Lipinski definition) is 6. The smallest absolute Gasteiger partial charge is 0.152 e. The fourth-order valence-electron chi connectivity index (χ4n) is 2.46. The molecule has 0 saturated carbocycles. The van der Waals surface area contributed by atoms with E-state index in [1.807, 2.05) is 11.8 Å². The molecule has 2 aromatic heterocycles. The van der Waals surface area contributed by atoms with Gasteiger partial charge < -0.3 is 5.43 Å². The number of nitrogen functional groups attached to an aromatic ring is 1. The van der Waals surface area contributed by atoms with Crippen molar-refractivity contribution in [2.45, 2.75) is 38.4 Å². The van der Waals surface area contributed by atoms with E-state index < -0.39 is 0 Å². The first kappa shape index (κ1) is 13.1. The van der Waals surface area contributed by atoms with Crippen molar-refractivity contribution in [3.05, 3.63) is 16.3 Å². The topological polar surface area (TPSA) is 63.8 Å². The summed E-state index contributed by atoms with van der Waals surface area (Å²) in [4.78, 5) is 11.8. The molecule has 0 amide bonds. The number of hydrazine groups is 1. The molecular weight excluding hydrogens is 276 g/mol. The van der Waals surface area contributed by atoms with E-state index in [0.717, 1.165) is 21.9 Å². The lowest BCUT2D eigenvalue weighted by Crippen LogP contribution is -2.13. The lowest BCUT2D eigenvalue weighted by Gasteiger charge is -2.20. The Balaban J connectivity index is 2.11. The van der Waals surface area contributed by atoms with E-state index in [0.29, 0.717) is 5.25 Å². The monoisotopic (exact) mass is 294 g/mol. The van der Waals surface area contributed by atoms with Crippen molar-refractivity contribution in [2.75, 3.05) is 11.2 Å². The van der Waals surface area contributed by atoms with Crippen molar-refractivity contribution in [1.29, 1.82) is 0 Å². The molecule has 1 saturated heterocycles. The number of thioether (sulfide) groups is 1. The minimum Gasteiger partial charge on any atom is -0.308 e. The summed E-state index contributed by atoms with van der Waals surface area (Å²) in [5.41, 5.74) is 3.98. The molecule has 1 atom stereocenters. The number of nitrogens with zero attached hydrogens (tertiary/aromatic N) is 2. The third-order valence-electron chi connectivity index (χ3n) is 3.65. The highest BCUT2D eigenvalue weighted by molar-refractivity contribution is 7.99. The quantitative estimate of drug-likeness (QED) is 0.655. The highest BCUT2D eigenvalue weighted by atomic mass is 32.2. The van der Waals surface area contributed by atoms with E-state index in [2.05, 4.69) is 24.3 Å². The molecule has 102 valence electrons. The summed E-state index contributed by atoms with van der Waals surface area (Å²) < 4.78 is 0. The summed E-state index contributed by atoms with van der Waals surface area (Å²) in [5.74, 6) is 8.57. The van der Waals surface area contributed by atoms with Gasteiger partial charge in [-0.1, -0.05) is 6.42 Å². The van der Waals surface area contributed by atoms with E-state index in [1.165, 1.54) is 35.5 Å². The fraction of sp³-hybridized carbons (Fsp3) is 0.538. The Labute approximate surface area is 121 Å². The number of nitrogens with two attached hydrogens (primary N) is 1. The Morgan fingerprint density at radius 3 is 2.79 bits per heavy atom. The maximum absolute atomic E-state index is 5.65. The van der Waals surface area contributed by atoms with Crippen LogP contribution in [0.2, 0.25) is 0 Å². The number of hydrogen-bond donors (Lipinski definition) is 2. The van der Waals surface area contributed by atoms with Gasteiger partial charge >= 0.3 is 0 Å². The van der Waals surface area contributed by atoms with Crippen molar-refractivity contribution < 1.29 is 0 Å². The highest BCUT2D eigenvalue weighted by Crippen LogP contribution is 2.40. The van der Waals surface area contributed by atoms with Crippen LogP contribution >= 0.6 is 23.1 Å². The first-order valence-electron chi connectivity index (χ1n) is 6.56. The molecular formula is C13H18N4S2. The van der Waals surface area contributed by atoms with E-state index >= 15 is 0 Å². The number of thiophene rings is 1. The first-order chi connectivity index (χ1) is 9.20. The van der Waals surface area contributed by atoms with Crippen LogP contribution in [0.3, 0.4) is 0 Å². The minimum atomic E-state index is 0.424. The number of aromatic nitrogens is 2. The van der Waals surface area contributed by atoms with E-state index in [-0.39, 0.29) is 0 Å². The molecule has 0 spiro atoms. The van der Waals surface area contributed by atoms with Crippen molar-refractivity contribution in [1.82, 2.24) is 9.97 Å². The number of anilines is 1. The summed E-state index contributed by atoms with van der Waals surface area (Å²) in [6.45, 7) is 4.23. The molecule has 0 aromatic carbocycles. The van der Waals surface area contributed by atoms with Gasteiger partial charge in [-0.2, -0.15) is 11.8 Å². The molecule has 19 heavy (non-hydrogen) atoms. The van der Waals surface area contributed by atoms with Gasteiger partial charge in [0.05, 0.1) is 10.6 Å². The summed E-state index contributed by atoms with van der Waals surface area (Å²) in [6, 6.07) is 0. The third-order valence-corrected chi connectivity index (χ3v) is 6.12. The maximum atomic E-state index is 5.65. The Hall–Kier alpha value is -0.850. The SMILES string of the molecule is Cc1sc2nc(C3CCCCS3)nc(NN)c2c1C. The molecule has 1 aliphatic heterocycles. The number of nitrogens with one attached hydrogen (secondary N) is 1. The molecule has 0 bridgehead atoms. The van der Waals surface area contributed by atoms with Crippen LogP contribution < -0.4 is 11.3 Å². The van der Waals surface area contributed by atoms with Crippen molar-refractivity contribution in [3.8, 4) is 0 Å². The van der Waals surface area contributed by atoms with Crippen molar-refractivity contribution >= 4 is 39.1 Å². The zero-order valence-electron chi connectivity index (χ0n) is 11.2. The number of rotatable bonds is 2. The third kappa shape index (κ3) is 2.32. The van der Waals surface area contributed by atoms with Crippen molar-refractivity contribution in [2.24, 2.45) is 5.84 Å². The number of fused-ring (bicyclic) bond motifs is 1. The number of aryl methyl sites for hydroxylation is 2. The largest absolute Gasteiger partial charge is 0.308 e. The molecule has 1 aliphatic rings. The second-order valence-electron chi connectivity index (χ2n) is 4.89. The molecule has 2 aromatic rings. The van der Waals surface area contributed by atoms with Gasteiger partial charge in [0.1, 0.15) is 10.7 Å². The molecule has 1 unspecified atom stereocenters. The van der Waals surface area contributed by atoms with E-state index in [1.54, 1.807) is 11.3 Å². The second-order valence-corrected chi connectivity index (χ2v) is 7.41. The lowest BCUT2D eigenvalue weighted by atomic mass is 10.1. The summed E-state index contributed by atoms with van der Waals surface area (Å²) in [7, 11) is 0. The Bertz CT molecular complexity index is 602. The Morgan fingerprint density at radius 1 is 1.26 bits per heavy atom. The van der Waals surface area contributed by atoms with E-state index in [4.69, 9.17) is 10.8 Å². The van der Waals surface area contributed by atoms with Gasteiger partial charge in [-0.05, 0) is 38.0 Å². The zero-order valence-corrected chi connectivity index (χ0v) is 12.8. The molecule has 3 heterocycles. The molecule has 0 radical (unpaired) electrons. The minimum absolute atomic E-state index is 0.424. The predicted molar refractivity (Wildman–Crippen MR) is 83.7 cm³/mol. The molecule has 1 fully saturated rings. The van der Waals surface area contributed by atoms with Gasteiger partial charge in [0.25, 0.3) is 0 Å². The summed E-state index contributed by atoms with van der Waals surface area (Å²) in [5, 5.41) is 1.50. The van der Waals surface area contributed by atoms with Crippen LogP contribution in [0.5, 0.6) is 0 Å². The van der Waals surface area contributed by atoms with Gasteiger partial charge in [0, 0.05) is 4.88 Å². The normalized spacial score (nSPS) is 19.8. The molecule has 3 N–H and O–H groups in total. The predicted octanol–water partition coefficient (Wildman–Crippen LogP) is 3.55. The Kier molecular flexibility index (Phi) is 3.64. The van der Waals surface area contributed by atoms with E-state index in [9.17, 15) is 0 Å². The Morgan fingerprint density at radius 2 is 2.11 bits per heavy atom. The van der Waals surface area contributed by atoms with Crippen LogP contribution in [0.4, 0.5) is 5.82 Å². The van der Waals surface area contributed by atoms with Gasteiger partial charge in [0.15, 0.2) is 5.82 Å².